The Bertz CT molecular complexity index is 1240. The predicted octanol–water partition coefficient (Wildman–Crippen LogP) is 2.28. The van der Waals surface area contributed by atoms with Crippen molar-refractivity contribution in [1.82, 2.24) is 14.6 Å². The number of aromatic nitrogens is 3. The SMILES string of the molecule is COc1ccc(-c2nc3s/c(=C\c4ccc([N+](=O)[O-])cc4)c(=O)n3n2)cc1. The van der Waals surface area contributed by atoms with Gasteiger partial charge in [-0.15, -0.1) is 5.10 Å². The van der Waals surface area contributed by atoms with Crippen LogP contribution in [0.25, 0.3) is 22.4 Å². The summed E-state index contributed by atoms with van der Waals surface area (Å²) in [4.78, 5) is 27.7. The van der Waals surface area contributed by atoms with Gasteiger partial charge in [0.05, 0.1) is 16.6 Å². The molecule has 4 aromatic rings. The molecule has 2 aromatic heterocycles. The summed E-state index contributed by atoms with van der Waals surface area (Å²) in [5.41, 5.74) is 1.20. The highest BCUT2D eigenvalue weighted by Crippen LogP contribution is 2.20. The van der Waals surface area contributed by atoms with E-state index in [0.29, 0.717) is 20.9 Å². The van der Waals surface area contributed by atoms with Crippen molar-refractivity contribution in [1.29, 1.82) is 0 Å². The first-order valence-corrected chi connectivity index (χ1v) is 8.67. The van der Waals surface area contributed by atoms with Crippen LogP contribution in [0.3, 0.4) is 0 Å². The molecule has 0 N–H and O–H groups in total. The maximum Gasteiger partial charge on any atom is 0.291 e. The maximum absolute atomic E-state index is 12.6. The quantitative estimate of drug-likeness (QED) is 0.398. The molecule has 9 heteroatoms. The van der Waals surface area contributed by atoms with E-state index in [2.05, 4.69) is 10.1 Å². The standard InChI is InChI=1S/C18H12N4O4S/c1-26-14-8-4-12(5-9-14)16-19-18-21(20-16)17(23)15(27-18)10-11-2-6-13(7-3-11)22(24)25/h2-10H,1H3/b15-10-. The number of non-ortho nitro benzene ring substituents is 1. The molecule has 0 radical (unpaired) electrons. The summed E-state index contributed by atoms with van der Waals surface area (Å²) in [6.45, 7) is 0. The normalized spacial score (nSPS) is 11.8. The second-order valence-electron chi connectivity index (χ2n) is 5.62. The van der Waals surface area contributed by atoms with E-state index in [0.717, 1.165) is 11.3 Å². The van der Waals surface area contributed by atoms with Gasteiger partial charge < -0.3 is 4.74 Å². The fourth-order valence-corrected chi connectivity index (χ4v) is 3.45. The average Bonchev–Trinajstić information content (AvgIpc) is 3.22. The zero-order chi connectivity index (χ0) is 19.0. The first-order chi connectivity index (χ1) is 13.0. The van der Waals surface area contributed by atoms with Gasteiger partial charge in [0.2, 0.25) is 4.96 Å². The van der Waals surface area contributed by atoms with E-state index < -0.39 is 4.92 Å². The van der Waals surface area contributed by atoms with Crippen LogP contribution in [0.15, 0.2) is 53.3 Å². The maximum atomic E-state index is 12.6. The van der Waals surface area contributed by atoms with Gasteiger partial charge in [-0.2, -0.15) is 9.50 Å². The van der Waals surface area contributed by atoms with Crippen LogP contribution in [-0.4, -0.2) is 26.6 Å². The molecule has 4 rings (SSSR count). The number of nitro benzene ring substituents is 1. The minimum absolute atomic E-state index is 0.00118. The molecule has 0 aliphatic carbocycles. The molecular formula is C18H12N4O4S. The van der Waals surface area contributed by atoms with Crippen LogP contribution in [0.1, 0.15) is 5.56 Å². The fourth-order valence-electron chi connectivity index (χ4n) is 2.54. The molecule has 0 amide bonds. The largest absolute Gasteiger partial charge is 0.497 e. The number of fused-ring (bicyclic) bond motifs is 1. The first kappa shape index (κ1) is 16.9. The number of benzene rings is 2. The molecule has 0 spiro atoms. The summed E-state index contributed by atoms with van der Waals surface area (Å²) < 4.78 is 6.85. The second kappa shape index (κ2) is 6.61. The van der Waals surface area contributed by atoms with Crippen molar-refractivity contribution in [3.63, 3.8) is 0 Å². The topological polar surface area (TPSA) is 99.6 Å². The highest BCUT2D eigenvalue weighted by atomic mass is 32.1. The molecule has 0 atom stereocenters. The molecule has 0 saturated heterocycles. The summed E-state index contributed by atoms with van der Waals surface area (Å²) in [6, 6.07) is 13.2. The summed E-state index contributed by atoms with van der Waals surface area (Å²) in [6.07, 6.45) is 1.67. The Morgan fingerprint density at radius 1 is 1.15 bits per heavy atom. The van der Waals surface area contributed by atoms with E-state index in [1.54, 1.807) is 37.5 Å². The predicted molar refractivity (Wildman–Crippen MR) is 101 cm³/mol. The van der Waals surface area contributed by atoms with Crippen LogP contribution in [0, 0.1) is 10.1 Å². The number of hydrogen-bond donors (Lipinski definition) is 0. The number of thiazole rings is 1. The molecule has 27 heavy (non-hydrogen) atoms. The molecule has 0 aliphatic rings. The molecule has 0 fully saturated rings. The van der Waals surface area contributed by atoms with E-state index in [1.807, 2.05) is 12.1 Å². The molecule has 134 valence electrons. The summed E-state index contributed by atoms with van der Waals surface area (Å²) in [7, 11) is 1.59. The number of nitro groups is 1. The van der Waals surface area contributed by atoms with Gasteiger partial charge in [-0.25, -0.2) is 0 Å². The molecule has 2 aromatic carbocycles. The van der Waals surface area contributed by atoms with Crippen LogP contribution in [0.2, 0.25) is 0 Å². The lowest BCUT2D eigenvalue weighted by Crippen LogP contribution is -2.23. The smallest absolute Gasteiger partial charge is 0.291 e. The molecule has 8 nitrogen and oxygen atoms in total. The summed E-state index contributed by atoms with van der Waals surface area (Å²) in [5.74, 6) is 1.19. The van der Waals surface area contributed by atoms with Crippen molar-refractivity contribution in [3.05, 3.63) is 79.1 Å². The van der Waals surface area contributed by atoms with Gasteiger partial charge in [0.25, 0.3) is 11.2 Å². The van der Waals surface area contributed by atoms with E-state index in [-0.39, 0.29) is 11.2 Å². The van der Waals surface area contributed by atoms with Gasteiger partial charge in [0.15, 0.2) is 5.82 Å². The van der Waals surface area contributed by atoms with Crippen LogP contribution >= 0.6 is 11.3 Å². The van der Waals surface area contributed by atoms with Crippen molar-refractivity contribution < 1.29 is 9.66 Å². The van der Waals surface area contributed by atoms with Crippen LogP contribution in [0.5, 0.6) is 5.75 Å². The fraction of sp³-hybridized carbons (Fsp3) is 0.0556. The van der Waals surface area contributed by atoms with E-state index in [4.69, 9.17) is 4.74 Å². The monoisotopic (exact) mass is 380 g/mol. The molecule has 0 bridgehead atoms. The Balaban J connectivity index is 1.71. The zero-order valence-corrected chi connectivity index (χ0v) is 14.8. The Hall–Kier alpha value is -3.59. The number of ether oxygens (including phenoxy) is 1. The number of hydrogen-bond acceptors (Lipinski definition) is 7. The lowest BCUT2D eigenvalue weighted by atomic mass is 10.2. The zero-order valence-electron chi connectivity index (χ0n) is 14.0. The van der Waals surface area contributed by atoms with Crippen molar-refractivity contribution in [2.75, 3.05) is 7.11 Å². The lowest BCUT2D eigenvalue weighted by Gasteiger charge is -1.99. The molecular weight excluding hydrogens is 368 g/mol. The van der Waals surface area contributed by atoms with Crippen molar-refractivity contribution in [2.45, 2.75) is 0 Å². The van der Waals surface area contributed by atoms with E-state index in [9.17, 15) is 14.9 Å². The van der Waals surface area contributed by atoms with Gasteiger partial charge >= 0.3 is 0 Å². The van der Waals surface area contributed by atoms with Gasteiger partial charge in [0, 0.05) is 17.7 Å². The third kappa shape index (κ3) is 3.15. The average molecular weight is 380 g/mol. The van der Waals surface area contributed by atoms with Crippen LogP contribution in [0.4, 0.5) is 5.69 Å². The third-order valence-electron chi connectivity index (χ3n) is 3.93. The molecule has 0 unspecified atom stereocenters. The Labute approximate surface area is 156 Å². The third-order valence-corrected chi connectivity index (χ3v) is 4.89. The van der Waals surface area contributed by atoms with Gasteiger partial charge in [-0.1, -0.05) is 11.3 Å². The van der Waals surface area contributed by atoms with Crippen LogP contribution in [-0.2, 0) is 0 Å². The minimum atomic E-state index is -0.466. The highest BCUT2D eigenvalue weighted by molar-refractivity contribution is 7.15. The number of rotatable bonds is 4. The van der Waals surface area contributed by atoms with E-state index in [1.165, 1.54) is 28.0 Å². The highest BCUT2D eigenvalue weighted by Gasteiger charge is 2.12. The van der Waals surface area contributed by atoms with Crippen molar-refractivity contribution in [3.8, 4) is 17.1 Å². The Kier molecular flexibility index (Phi) is 4.13. The summed E-state index contributed by atoms with van der Waals surface area (Å²) in [5, 5.41) is 15.0. The second-order valence-corrected chi connectivity index (χ2v) is 6.63. The van der Waals surface area contributed by atoms with Gasteiger partial charge in [-0.3, -0.25) is 14.9 Å². The lowest BCUT2D eigenvalue weighted by molar-refractivity contribution is -0.384. The Morgan fingerprint density at radius 3 is 2.44 bits per heavy atom. The molecule has 2 heterocycles. The van der Waals surface area contributed by atoms with Crippen molar-refractivity contribution >= 4 is 28.1 Å². The number of nitrogens with zero attached hydrogens (tertiary/aromatic N) is 4. The molecule has 0 aliphatic heterocycles. The van der Waals surface area contributed by atoms with Crippen LogP contribution < -0.4 is 14.8 Å². The van der Waals surface area contributed by atoms with Gasteiger partial charge in [0.1, 0.15) is 5.75 Å². The van der Waals surface area contributed by atoms with E-state index >= 15 is 0 Å². The summed E-state index contributed by atoms with van der Waals surface area (Å²) >= 11 is 1.22. The first-order valence-electron chi connectivity index (χ1n) is 7.85. The Morgan fingerprint density at radius 2 is 1.85 bits per heavy atom. The number of methoxy groups -OCH3 is 1. The minimum Gasteiger partial charge on any atom is -0.497 e. The molecule has 0 saturated carbocycles. The van der Waals surface area contributed by atoms with Gasteiger partial charge in [-0.05, 0) is 48.0 Å². The van der Waals surface area contributed by atoms with Crippen molar-refractivity contribution in [2.24, 2.45) is 0 Å².